The SMILES string of the molecule is CC(=O)N1CCN(C(=O)CN(CCC2=CCCCC2)C(C)=O)CC1. The molecule has 1 saturated heterocycles. The molecule has 2 rings (SSSR count). The summed E-state index contributed by atoms with van der Waals surface area (Å²) in [6, 6.07) is 0. The molecule has 0 unspecified atom stereocenters. The molecule has 0 aromatic rings. The molecule has 6 heteroatoms. The lowest BCUT2D eigenvalue weighted by atomic mass is 9.97. The molecule has 1 aliphatic carbocycles. The fraction of sp³-hybridized carbons (Fsp3) is 0.722. The van der Waals surface area contributed by atoms with Crippen molar-refractivity contribution in [1.29, 1.82) is 0 Å². The monoisotopic (exact) mass is 335 g/mol. The third kappa shape index (κ3) is 5.35. The van der Waals surface area contributed by atoms with Crippen LogP contribution in [0.2, 0.25) is 0 Å². The van der Waals surface area contributed by atoms with Crippen LogP contribution in [-0.4, -0.2) is 71.7 Å². The number of allylic oxidation sites excluding steroid dienone is 1. The Balaban J connectivity index is 1.81. The van der Waals surface area contributed by atoms with Gasteiger partial charge in [0, 0.05) is 46.6 Å². The van der Waals surface area contributed by atoms with Gasteiger partial charge in [-0.05, 0) is 32.1 Å². The minimum atomic E-state index is -0.0536. The smallest absolute Gasteiger partial charge is 0.242 e. The maximum Gasteiger partial charge on any atom is 0.242 e. The van der Waals surface area contributed by atoms with E-state index in [2.05, 4.69) is 6.08 Å². The van der Waals surface area contributed by atoms with Crippen molar-refractivity contribution < 1.29 is 14.4 Å². The van der Waals surface area contributed by atoms with E-state index < -0.39 is 0 Å². The van der Waals surface area contributed by atoms with Crippen molar-refractivity contribution in [2.24, 2.45) is 0 Å². The topological polar surface area (TPSA) is 60.9 Å². The lowest BCUT2D eigenvalue weighted by Crippen LogP contribution is -2.52. The second-order valence-electron chi connectivity index (χ2n) is 6.69. The van der Waals surface area contributed by atoms with E-state index in [4.69, 9.17) is 0 Å². The molecule has 1 fully saturated rings. The average Bonchev–Trinajstić information content (AvgIpc) is 2.59. The van der Waals surface area contributed by atoms with Crippen LogP contribution in [0.15, 0.2) is 11.6 Å². The first kappa shape index (κ1) is 18.5. The average molecular weight is 335 g/mol. The molecule has 0 spiro atoms. The fourth-order valence-corrected chi connectivity index (χ4v) is 3.29. The van der Waals surface area contributed by atoms with Gasteiger partial charge in [-0.25, -0.2) is 0 Å². The van der Waals surface area contributed by atoms with Crippen molar-refractivity contribution >= 4 is 17.7 Å². The first-order chi connectivity index (χ1) is 11.5. The van der Waals surface area contributed by atoms with Crippen molar-refractivity contribution in [3.8, 4) is 0 Å². The van der Waals surface area contributed by atoms with Gasteiger partial charge >= 0.3 is 0 Å². The largest absolute Gasteiger partial charge is 0.339 e. The summed E-state index contributed by atoms with van der Waals surface area (Å²) in [6.07, 6.45) is 7.88. The minimum absolute atomic E-state index is 0.0222. The summed E-state index contributed by atoms with van der Waals surface area (Å²) in [4.78, 5) is 40.8. The number of hydrogen-bond acceptors (Lipinski definition) is 3. The van der Waals surface area contributed by atoms with Gasteiger partial charge in [-0.15, -0.1) is 0 Å². The first-order valence-electron chi connectivity index (χ1n) is 8.94. The second kappa shape index (κ2) is 8.85. The molecule has 24 heavy (non-hydrogen) atoms. The Morgan fingerprint density at radius 2 is 1.71 bits per heavy atom. The van der Waals surface area contributed by atoms with Crippen LogP contribution in [0.1, 0.15) is 46.0 Å². The number of carbonyl (C=O) groups excluding carboxylic acids is 3. The molecular weight excluding hydrogens is 306 g/mol. The van der Waals surface area contributed by atoms with E-state index in [1.54, 1.807) is 21.6 Å². The van der Waals surface area contributed by atoms with Crippen LogP contribution in [-0.2, 0) is 14.4 Å². The Kier molecular flexibility index (Phi) is 6.82. The van der Waals surface area contributed by atoms with E-state index in [0.29, 0.717) is 32.7 Å². The van der Waals surface area contributed by atoms with Crippen LogP contribution >= 0.6 is 0 Å². The van der Waals surface area contributed by atoms with Gasteiger partial charge in [-0.1, -0.05) is 11.6 Å². The van der Waals surface area contributed by atoms with Gasteiger partial charge < -0.3 is 14.7 Å². The minimum Gasteiger partial charge on any atom is -0.339 e. The number of piperazine rings is 1. The summed E-state index contributed by atoms with van der Waals surface area (Å²) in [5.74, 6) is -0.0265. The van der Waals surface area contributed by atoms with Gasteiger partial charge in [0.2, 0.25) is 17.7 Å². The zero-order chi connectivity index (χ0) is 17.5. The van der Waals surface area contributed by atoms with Crippen LogP contribution in [0.25, 0.3) is 0 Å². The number of hydrogen-bond donors (Lipinski definition) is 0. The van der Waals surface area contributed by atoms with Crippen LogP contribution in [0.5, 0.6) is 0 Å². The van der Waals surface area contributed by atoms with Crippen molar-refractivity contribution in [2.75, 3.05) is 39.3 Å². The van der Waals surface area contributed by atoms with Gasteiger partial charge in [0.25, 0.3) is 0 Å². The van der Waals surface area contributed by atoms with E-state index in [0.717, 1.165) is 19.3 Å². The Morgan fingerprint density at radius 3 is 2.25 bits per heavy atom. The van der Waals surface area contributed by atoms with E-state index in [1.807, 2.05) is 0 Å². The molecule has 0 bridgehead atoms. The molecule has 1 aliphatic heterocycles. The number of carbonyl (C=O) groups is 3. The molecular formula is C18H29N3O3. The zero-order valence-corrected chi connectivity index (χ0v) is 14.9. The lowest BCUT2D eigenvalue weighted by Gasteiger charge is -2.35. The summed E-state index contributed by atoms with van der Waals surface area (Å²) in [5.41, 5.74) is 1.41. The van der Waals surface area contributed by atoms with Crippen LogP contribution in [0, 0.1) is 0 Å². The summed E-state index contributed by atoms with van der Waals surface area (Å²) in [6.45, 7) is 6.08. The quantitative estimate of drug-likeness (QED) is 0.714. The summed E-state index contributed by atoms with van der Waals surface area (Å²) >= 11 is 0. The molecule has 0 aromatic carbocycles. The van der Waals surface area contributed by atoms with E-state index in [-0.39, 0.29) is 24.3 Å². The molecule has 0 atom stereocenters. The summed E-state index contributed by atoms with van der Waals surface area (Å²) in [5, 5.41) is 0. The van der Waals surface area contributed by atoms with E-state index in [9.17, 15) is 14.4 Å². The Labute approximate surface area is 144 Å². The molecule has 0 saturated carbocycles. The molecule has 6 nitrogen and oxygen atoms in total. The van der Waals surface area contributed by atoms with Gasteiger partial charge in [0.15, 0.2) is 0 Å². The summed E-state index contributed by atoms with van der Waals surface area (Å²) in [7, 11) is 0. The zero-order valence-electron chi connectivity index (χ0n) is 14.9. The molecule has 0 radical (unpaired) electrons. The van der Waals surface area contributed by atoms with Gasteiger partial charge in [-0.2, -0.15) is 0 Å². The van der Waals surface area contributed by atoms with Crippen molar-refractivity contribution in [2.45, 2.75) is 46.0 Å². The predicted octanol–water partition coefficient (Wildman–Crippen LogP) is 1.42. The Morgan fingerprint density at radius 1 is 1.04 bits per heavy atom. The third-order valence-electron chi connectivity index (χ3n) is 4.94. The molecule has 134 valence electrons. The van der Waals surface area contributed by atoms with Gasteiger partial charge in [-0.3, -0.25) is 14.4 Å². The fourth-order valence-electron chi connectivity index (χ4n) is 3.29. The third-order valence-corrected chi connectivity index (χ3v) is 4.94. The van der Waals surface area contributed by atoms with Crippen molar-refractivity contribution in [3.05, 3.63) is 11.6 Å². The van der Waals surface area contributed by atoms with Crippen molar-refractivity contribution in [3.63, 3.8) is 0 Å². The molecule has 1 heterocycles. The molecule has 3 amide bonds. The van der Waals surface area contributed by atoms with Crippen molar-refractivity contribution in [1.82, 2.24) is 14.7 Å². The van der Waals surface area contributed by atoms with Crippen LogP contribution < -0.4 is 0 Å². The number of amides is 3. The lowest BCUT2D eigenvalue weighted by molar-refractivity contribution is -0.142. The van der Waals surface area contributed by atoms with Gasteiger partial charge in [0.1, 0.15) is 0 Å². The normalized spacial score (nSPS) is 18.2. The van der Waals surface area contributed by atoms with E-state index >= 15 is 0 Å². The first-order valence-corrected chi connectivity index (χ1v) is 8.94. The van der Waals surface area contributed by atoms with Crippen LogP contribution in [0.4, 0.5) is 0 Å². The molecule has 0 aromatic heterocycles. The Hall–Kier alpha value is -1.85. The predicted molar refractivity (Wildman–Crippen MR) is 92.3 cm³/mol. The highest BCUT2D eigenvalue weighted by Gasteiger charge is 2.24. The second-order valence-corrected chi connectivity index (χ2v) is 6.69. The van der Waals surface area contributed by atoms with Crippen LogP contribution in [0.3, 0.4) is 0 Å². The highest BCUT2D eigenvalue weighted by molar-refractivity contribution is 5.84. The highest BCUT2D eigenvalue weighted by Crippen LogP contribution is 2.20. The highest BCUT2D eigenvalue weighted by atomic mass is 16.2. The number of nitrogens with zero attached hydrogens (tertiary/aromatic N) is 3. The standard InChI is InChI=1S/C18H29N3O3/c1-15(22)19-10-12-20(13-11-19)18(24)14-21(16(2)23)9-8-17-6-4-3-5-7-17/h6H,3-5,7-14H2,1-2H3. The van der Waals surface area contributed by atoms with E-state index in [1.165, 1.54) is 25.3 Å². The number of rotatable bonds is 5. The van der Waals surface area contributed by atoms with Gasteiger partial charge in [0.05, 0.1) is 6.54 Å². The molecule has 0 N–H and O–H groups in total. The summed E-state index contributed by atoms with van der Waals surface area (Å²) < 4.78 is 0. The Bertz CT molecular complexity index is 508. The maximum absolute atomic E-state index is 12.5. The molecule has 2 aliphatic rings. The maximum atomic E-state index is 12.5.